The summed E-state index contributed by atoms with van der Waals surface area (Å²) in [6.07, 6.45) is 1.67. The number of amides is 2. The summed E-state index contributed by atoms with van der Waals surface area (Å²) >= 11 is 0. The fourth-order valence-corrected chi connectivity index (χ4v) is 2.56. The molecule has 0 unspecified atom stereocenters. The molecule has 0 saturated heterocycles. The van der Waals surface area contributed by atoms with Crippen molar-refractivity contribution in [2.75, 3.05) is 18.9 Å². The van der Waals surface area contributed by atoms with Crippen molar-refractivity contribution in [1.29, 1.82) is 0 Å². The Hall–Kier alpha value is -3.15. The first-order valence-corrected chi connectivity index (χ1v) is 7.92. The van der Waals surface area contributed by atoms with E-state index in [1.807, 2.05) is 44.2 Å². The first-order valence-electron chi connectivity index (χ1n) is 7.92. The molecule has 2 aromatic heterocycles. The second kappa shape index (κ2) is 6.76. The lowest BCUT2D eigenvalue weighted by Gasteiger charge is -2.15. The van der Waals surface area contributed by atoms with Crippen molar-refractivity contribution >= 4 is 28.6 Å². The molecule has 0 saturated carbocycles. The number of anilines is 1. The molecule has 0 fully saturated rings. The molecule has 0 aliphatic rings. The lowest BCUT2D eigenvalue weighted by Crippen LogP contribution is -2.35. The third-order valence-corrected chi connectivity index (χ3v) is 3.94. The van der Waals surface area contributed by atoms with Crippen LogP contribution in [-0.2, 0) is 4.79 Å². The van der Waals surface area contributed by atoms with Crippen molar-refractivity contribution < 1.29 is 14.0 Å². The second-order valence-corrected chi connectivity index (χ2v) is 5.98. The number of para-hydroxylation sites is 1. The van der Waals surface area contributed by atoms with Gasteiger partial charge in [-0.05, 0) is 31.5 Å². The average molecular weight is 337 g/mol. The molecule has 128 valence electrons. The Labute approximate surface area is 145 Å². The topological polar surface area (TPSA) is 75.4 Å². The monoisotopic (exact) mass is 337 g/mol. The van der Waals surface area contributed by atoms with Crippen LogP contribution in [0, 0.1) is 13.8 Å². The van der Waals surface area contributed by atoms with Crippen LogP contribution in [0.25, 0.3) is 11.0 Å². The number of aromatic nitrogens is 1. The number of rotatable bonds is 4. The Bertz CT molecular complexity index is 929. The van der Waals surface area contributed by atoms with E-state index >= 15 is 0 Å². The van der Waals surface area contributed by atoms with Gasteiger partial charge in [0, 0.05) is 24.2 Å². The molecule has 3 rings (SSSR count). The second-order valence-electron chi connectivity index (χ2n) is 5.98. The summed E-state index contributed by atoms with van der Waals surface area (Å²) in [4.78, 5) is 30.2. The van der Waals surface area contributed by atoms with Crippen molar-refractivity contribution in [3.63, 3.8) is 0 Å². The van der Waals surface area contributed by atoms with E-state index in [0.29, 0.717) is 11.4 Å². The lowest BCUT2D eigenvalue weighted by molar-refractivity contribution is -0.116. The number of hydrogen-bond acceptors (Lipinski definition) is 4. The van der Waals surface area contributed by atoms with Gasteiger partial charge < -0.3 is 14.6 Å². The summed E-state index contributed by atoms with van der Waals surface area (Å²) in [5.41, 5.74) is 2.43. The zero-order valence-corrected chi connectivity index (χ0v) is 14.4. The van der Waals surface area contributed by atoms with Gasteiger partial charge in [-0.1, -0.05) is 24.3 Å². The Morgan fingerprint density at radius 3 is 2.60 bits per heavy atom. The molecule has 2 heterocycles. The van der Waals surface area contributed by atoms with Crippen LogP contribution in [-0.4, -0.2) is 35.3 Å². The maximum atomic E-state index is 12.6. The molecule has 1 aromatic carbocycles. The summed E-state index contributed by atoms with van der Waals surface area (Å²) in [6, 6.07) is 11.0. The zero-order chi connectivity index (χ0) is 18.0. The summed E-state index contributed by atoms with van der Waals surface area (Å²) in [6.45, 7) is 3.66. The molecular weight excluding hydrogens is 318 g/mol. The van der Waals surface area contributed by atoms with Gasteiger partial charge in [0.2, 0.25) is 5.91 Å². The maximum Gasteiger partial charge on any atom is 0.290 e. The maximum absolute atomic E-state index is 12.6. The number of carbonyl (C=O) groups is 2. The molecule has 2 amide bonds. The van der Waals surface area contributed by atoms with E-state index in [1.165, 1.54) is 4.90 Å². The quantitative estimate of drug-likeness (QED) is 0.793. The van der Waals surface area contributed by atoms with Gasteiger partial charge >= 0.3 is 0 Å². The molecule has 0 atom stereocenters. The normalized spacial score (nSPS) is 10.7. The fraction of sp³-hybridized carbons (Fsp3) is 0.211. The fourth-order valence-electron chi connectivity index (χ4n) is 2.56. The molecule has 0 spiro atoms. The summed E-state index contributed by atoms with van der Waals surface area (Å²) < 4.78 is 5.66. The number of pyridine rings is 1. The van der Waals surface area contributed by atoms with Crippen molar-refractivity contribution in [1.82, 2.24) is 9.88 Å². The number of likely N-dealkylation sites (N-methyl/N-ethyl adjacent to an activating group) is 1. The number of aryl methyl sites for hydroxylation is 2. The lowest BCUT2D eigenvalue weighted by atomic mass is 10.1. The minimum atomic E-state index is -0.333. The molecule has 0 aliphatic heterocycles. The van der Waals surface area contributed by atoms with Gasteiger partial charge in [0.1, 0.15) is 17.9 Å². The zero-order valence-electron chi connectivity index (χ0n) is 14.4. The molecule has 3 aromatic rings. The number of nitrogens with one attached hydrogen (secondary N) is 1. The van der Waals surface area contributed by atoms with Crippen molar-refractivity contribution in [3.8, 4) is 0 Å². The Morgan fingerprint density at radius 1 is 1.16 bits per heavy atom. The van der Waals surface area contributed by atoms with E-state index in [1.54, 1.807) is 19.3 Å². The largest absolute Gasteiger partial charge is 0.451 e. The van der Waals surface area contributed by atoms with Gasteiger partial charge in [0.05, 0.1) is 0 Å². The number of furan rings is 1. The van der Waals surface area contributed by atoms with Gasteiger partial charge in [0.25, 0.3) is 5.91 Å². The third-order valence-electron chi connectivity index (χ3n) is 3.94. The van der Waals surface area contributed by atoms with Crippen LogP contribution in [0.4, 0.5) is 5.82 Å². The standard InChI is InChI=1S/C19H19N3O3/c1-12-8-9-16(20-10-12)21-17(23)11-22(3)19(24)18-13(2)14-6-4-5-7-15(14)25-18/h4-10H,11H2,1-3H3,(H,20,21,23). The molecule has 6 nitrogen and oxygen atoms in total. The number of carbonyl (C=O) groups excluding carboxylic acids is 2. The third kappa shape index (κ3) is 3.52. The molecular formula is C19H19N3O3. The molecule has 0 aliphatic carbocycles. The van der Waals surface area contributed by atoms with Crippen LogP contribution >= 0.6 is 0 Å². The molecule has 6 heteroatoms. The minimum Gasteiger partial charge on any atom is -0.451 e. The Balaban J connectivity index is 1.70. The van der Waals surface area contributed by atoms with E-state index < -0.39 is 0 Å². The van der Waals surface area contributed by atoms with Crippen molar-refractivity contribution in [3.05, 3.63) is 59.5 Å². The van der Waals surface area contributed by atoms with Crippen LogP contribution in [0.1, 0.15) is 21.7 Å². The van der Waals surface area contributed by atoms with E-state index in [0.717, 1.165) is 16.5 Å². The minimum absolute atomic E-state index is 0.0924. The van der Waals surface area contributed by atoms with Crippen LogP contribution in [0.2, 0.25) is 0 Å². The summed E-state index contributed by atoms with van der Waals surface area (Å²) in [7, 11) is 1.57. The van der Waals surface area contributed by atoms with Gasteiger partial charge in [-0.25, -0.2) is 4.98 Å². The van der Waals surface area contributed by atoms with Gasteiger partial charge in [0.15, 0.2) is 5.76 Å². The van der Waals surface area contributed by atoms with Crippen LogP contribution in [0.5, 0.6) is 0 Å². The van der Waals surface area contributed by atoms with Gasteiger partial charge in [-0.2, -0.15) is 0 Å². The first kappa shape index (κ1) is 16.7. The number of benzene rings is 1. The SMILES string of the molecule is Cc1ccc(NC(=O)CN(C)C(=O)c2oc3ccccc3c2C)nc1. The first-order chi connectivity index (χ1) is 12.0. The number of nitrogens with zero attached hydrogens (tertiary/aromatic N) is 2. The van der Waals surface area contributed by atoms with E-state index in [9.17, 15) is 9.59 Å². The molecule has 0 radical (unpaired) electrons. The predicted molar refractivity (Wildman–Crippen MR) is 95.5 cm³/mol. The Morgan fingerprint density at radius 2 is 1.92 bits per heavy atom. The smallest absolute Gasteiger partial charge is 0.290 e. The van der Waals surface area contributed by atoms with E-state index in [2.05, 4.69) is 10.3 Å². The molecule has 0 bridgehead atoms. The highest BCUT2D eigenvalue weighted by atomic mass is 16.3. The average Bonchev–Trinajstić information content (AvgIpc) is 2.93. The van der Waals surface area contributed by atoms with Crippen LogP contribution in [0.15, 0.2) is 47.0 Å². The summed E-state index contributed by atoms with van der Waals surface area (Å²) in [5, 5.41) is 3.57. The molecule has 25 heavy (non-hydrogen) atoms. The number of hydrogen-bond donors (Lipinski definition) is 1. The predicted octanol–water partition coefficient (Wildman–Crippen LogP) is 3.16. The van der Waals surface area contributed by atoms with E-state index in [-0.39, 0.29) is 24.1 Å². The van der Waals surface area contributed by atoms with E-state index in [4.69, 9.17) is 4.42 Å². The Kier molecular flexibility index (Phi) is 4.52. The highest BCUT2D eigenvalue weighted by molar-refractivity contribution is 6.01. The van der Waals surface area contributed by atoms with Crippen molar-refractivity contribution in [2.24, 2.45) is 0 Å². The van der Waals surface area contributed by atoms with Crippen LogP contribution < -0.4 is 5.32 Å². The highest BCUT2D eigenvalue weighted by Gasteiger charge is 2.22. The van der Waals surface area contributed by atoms with Crippen molar-refractivity contribution in [2.45, 2.75) is 13.8 Å². The van der Waals surface area contributed by atoms with Gasteiger partial charge in [-0.15, -0.1) is 0 Å². The summed E-state index contributed by atoms with van der Waals surface area (Å²) in [5.74, 6) is 0.0583. The highest BCUT2D eigenvalue weighted by Crippen LogP contribution is 2.25. The van der Waals surface area contributed by atoms with Crippen LogP contribution in [0.3, 0.4) is 0 Å². The van der Waals surface area contributed by atoms with Gasteiger partial charge in [-0.3, -0.25) is 9.59 Å². The molecule has 1 N–H and O–H groups in total. The number of fused-ring (bicyclic) bond motifs is 1.